The summed E-state index contributed by atoms with van der Waals surface area (Å²) in [4.78, 5) is 12.2. The molecule has 28 heavy (non-hydrogen) atoms. The van der Waals surface area contributed by atoms with Crippen LogP contribution in [0.1, 0.15) is 50.1 Å². The van der Waals surface area contributed by atoms with Crippen LogP contribution in [0.25, 0.3) is 10.2 Å². The highest BCUT2D eigenvalue weighted by Crippen LogP contribution is 2.42. The number of hydrogen-bond donors (Lipinski definition) is 1. The van der Waals surface area contributed by atoms with Crippen molar-refractivity contribution < 1.29 is 4.74 Å². The van der Waals surface area contributed by atoms with Crippen LogP contribution >= 0.6 is 23.1 Å². The predicted molar refractivity (Wildman–Crippen MR) is 119 cm³/mol. The van der Waals surface area contributed by atoms with Gasteiger partial charge in [0.25, 0.3) is 0 Å². The minimum Gasteiger partial charge on any atom is -0.369 e. The Kier molecular flexibility index (Phi) is 5.63. The van der Waals surface area contributed by atoms with Crippen molar-refractivity contribution in [3.63, 3.8) is 0 Å². The summed E-state index contributed by atoms with van der Waals surface area (Å²) in [5, 5.41) is 6.08. The lowest BCUT2D eigenvalue weighted by Crippen LogP contribution is -2.33. The van der Waals surface area contributed by atoms with Gasteiger partial charge in [-0.1, -0.05) is 62.9 Å². The molecule has 0 bridgehead atoms. The van der Waals surface area contributed by atoms with Gasteiger partial charge in [0, 0.05) is 23.1 Å². The van der Waals surface area contributed by atoms with Gasteiger partial charge in [0.2, 0.25) is 0 Å². The predicted octanol–water partition coefficient (Wildman–Crippen LogP) is 6.05. The van der Waals surface area contributed by atoms with Crippen molar-refractivity contribution in [3.8, 4) is 0 Å². The maximum absolute atomic E-state index is 6.17. The number of benzene rings is 1. The molecule has 4 nitrogen and oxygen atoms in total. The molecule has 1 atom stereocenters. The summed E-state index contributed by atoms with van der Waals surface area (Å²) in [7, 11) is 0. The van der Waals surface area contributed by atoms with Gasteiger partial charge in [0.15, 0.2) is 5.16 Å². The van der Waals surface area contributed by atoms with Gasteiger partial charge in [-0.3, -0.25) is 0 Å². The molecule has 1 aromatic carbocycles. The average Bonchev–Trinajstić information content (AvgIpc) is 3.04. The van der Waals surface area contributed by atoms with Crippen molar-refractivity contribution in [2.75, 3.05) is 5.32 Å². The molecule has 0 aliphatic carbocycles. The number of thiophene rings is 1. The van der Waals surface area contributed by atoms with Crippen molar-refractivity contribution >= 4 is 39.1 Å². The van der Waals surface area contributed by atoms with Crippen LogP contribution < -0.4 is 5.32 Å². The molecule has 0 spiro atoms. The Labute approximate surface area is 175 Å². The minimum atomic E-state index is -0.108. The Morgan fingerprint density at radius 3 is 2.75 bits per heavy atom. The Morgan fingerprint density at radius 2 is 2.04 bits per heavy atom. The average molecular weight is 414 g/mol. The summed E-state index contributed by atoms with van der Waals surface area (Å²) < 4.78 is 6.17. The van der Waals surface area contributed by atoms with Crippen molar-refractivity contribution in [2.45, 2.75) is 69.7 Å². The van der Waals surface area contributed by atoms with Crippen LogP contribution in [0.15, 0.2) is 35.5 Å². The second kappa shape index (κ2) is 8.01. The fraction of sp³-hybridized carbons (Fsp3) is 0.455. The SMILES string of the molecule is CC[C@@]1(C)Cc2c(sc3nc(SC(C)C)nc(NCc4ccccc4)c23)CO1. The summed E-state index contributed by atoms with van der Waals surface area (Å²) in [6.45, 7) is 10.2. The molecule has 6 heteroatoms. The highest BCUT2D eigenvalue weighted by Gasteiger charge is 2.33. The lowest BCUT2D eigenvalue weighted by atomic mass is 9.90. The number of nitrogens with one attached hydrogen (secondary N) is 1. The number of anilines is 1. The van der Waals surface area contributed by atoms with E-state index in [1.807, 2.05) is 6.07 Å². The number of ether oxygens (including phenoxy) is 1. The highest BCUT2D eigenvalue weighted by molar-refractivity contribution is 7.99. The second-order valence-electron chi connectivity index (χ2n) is 7.81. The zero-order valence-corrected chi connectivity index (χ0v) is 18.5. The number of thioether (sulfide) groups is 1. The largest absolute Gasteiger partial charge is 0.369 e. The standard InChI is InChI=1S/C22H27N3OS2/c1-5-22(4)11-16-17(13-26-22)28-20-18(16)19(24-21(25-20)27-14(2)3)23-12-15-9-7-6-8-10-15/h6-10,14H,5,11-13H2,1-4H3,(H,23,24,25)/t22-/m0/s1. The van der Waals surface area contributed by atoms with Crippen molar-refractivity contribution in [3.05, 3.63) is 46.3 Å². The first kappa shape index (κ1) is 19.7. The summed E-state index contributed by atoms with van der Waals surface area (Å²) in [5.74, 6) is 0.954. The van der Waals surface area contributed by atoms with Crippen molar-refractivity contribution in [1.82, 2.24) is 9.97 Å². The van der Waals surface area contributed by atoms with Crippen LogP contribution in [-0.2, 0) is 24.3 Å². The zero-order valence-electron chi connectivity index (χ0n) is 16.9. The number of hydrogen-bond acceptors (Lipinski definition) is 6. The van der Waals surface area contributed by atoms with Gasteiger partial charge < -0.3 is 10.1 Å². The van der Waals surface area contributed by atoms with E-state index in [4.69, 9.17) is 14.7 Å². The minimum absolute atomic E-state index is 0.108. The number of rotatable bonds is 6. The van der Waals surface area contributed by atoms with Crippen LogP contribution in [0.5, 0.6) is 0 Å². The van der Waals surface area contributed by atoms with Gasteiger partial charge in [-0.15, -0.1) is 11.3 Å². The van der Waals surface area contributed by atoms with Crippen LogP contribution in [-0.4, -0.2) is 20.8 Å². The molecule has 1 aliphatic rings. The van der Waals surface area contributed by atoms with Gasteiger partial charge in [-0.2, -0.15) is 0 Å². The molecule has 1 aliphatic heterocycles. The molecule has 2 aromatic heterocycles. The summed E-state index contributed by atoms with van der Waals surface area (Å²) in [6, 6.07) is 10.5. The molecule has 4 rings (SSSR count). The molecule has 1 N–H and O–H groups in total. The number of nitrogens with zero attached hydrogens (tertiary/aromatic N) is 2. The number of aromatic nitrogens is 2. The second-order valence-corrected chi connectivity index (χ2v) is 10.4. The van der Waals surface area contributed by atoms with Crippen LogP contribution in [0.4, 0.5) is 5.82 Å². The Balaban J connectivity index is 1.76. The van der Waals surface area contributed by atoms with E-state index < -0.39 is 0 Å². The summed E-state index contributed by atoms with van der Waals surface area (Å²) in [6.07, 6.45) is 1.91. The lowest BCUT2D eigenvalue weighted by Gasteiger charge is -2.33. The smallest absolute Gasteiger partial charge is 0.191 e. The van der Waals surface area contributed by atoms with Crippen LogP contribution in [0, 0.1) is 0 Å². The molecule has 3 aromatic rings. The van der Waals surface area contributed by atoms with Gasteiger partial charge in [-0.25, -0.2) is 9.97 Å². The maximum Gasteiger partial charge on any atom is 0.191 e. The molecule has 0 unspecified atom stereocenters. The van der Waals surface area contributed by atoms with Gasteiger partial charge in [0.05, 0.1) is 17.6 Å². The first-order chi connectivity index (χ1) is 13.5. The number of fused-ring (bicyclic) bond motifs is 3. The fourth-order valence-corrected chi connectivity index (χ4v) is 5.32. The first-order valence-electron chi connectivity index (χ1n) is 9.88. The van der Waals surface area contributed by atoms with E-state index >= 15 is 0 Å². The third-order valence-corrected chi connectivity index (χ3v) is 7.17. The first-order valence-corrected chi connectivity index (χ1v) is 11.6. The normalized spacial score (nSPS) is 19.2. The van der Waals surface area contributed by atoms with E-state index in [1.165, 1.54) is 21.4 Å². The van der Waals surface area contributed by atoms with E-state index in [-0.39, 0.29) is 5.60 Å². The van der Waals surface area contributed by atoms with E-state index in [0.29, 0.717) is 11.9 Å². The maximum atomic E-state index is 6.17. The van der Waals surface area contributed by atoms with E-state index in [0.717, 1.165) is 35.2 Å². The van der Waals surface area contributed by atoms with Gasteiger partial charge >= 0.3 is 0 Å². The molecule has 0 radical (unpaired) electrons. The monoisotopic (exact) mass is 413 g/mol. The Bertz CT molecular complexity index is 971. The molecule has 0 saturated carbocycles. The molecule has 0 amide bonds. The van der Waals surface area contributed by atoms with Crippen LogP contribution in [0.2, 0.25) is 0 Å². The van der Waals surface area contributed by atoms with E-state index in [9.17, 15) is 0 Å². The quantitative estimate of drug-likeness (QED) is 0.394. The lowest BCUT2D eigenvalue weighted by molar-refractivity contribution is -0.0542. The Hall–Kier alpha value is -1.63. The third kappa shape index (κ3) is 4.04. The van der Waals surface area contributed by atoms with Crippen molar-refractivity contribution in [1.29, 1.82) is 0 Å². The van der Waals surface area contributed by atoms with Crippen LogP contribution in [0.3, 0.4) is 0 Å². The molecule has 148 valence electrons. The van der Waals surface area contributed by atoms with Crippen molar-refractivity contribution in [2.24, 2.45) is 0 Å². The van der Waals surface area contributed by atoms with E-state index in [2.05, 4.69) is 57.3 Å². The molecular weight excluding hydrogens is 386 g/mol. The van der Waals surface area contributed by atoms with Gasteiger partial charge in [-0.05, 0) is 24.5 Å². The summed E-state index contributed by atoms with van der Waals surface area (Å²) >= 11 is 3.47. The molecule has 3 heterocycles. The highest BCUT2D eigenvalue weighted by atomic mass is 32.2. The molecule has 0 fully saturated rings. The fourth-order valence-electron chi connectivity index (χ4n) is 3.45. The molecular formula is C22H27N3OS2. The molecule has 0 saturated heterocycles. The van der Waals surface area contributed by atoms with Gasteiger partial charge in [0.1, 0.15) is 10.6 Å². The zero-order chi connectivity index (χ0) is 19.7. The Morgan fingerprint density at radius 1 is 1.25 bits per heavy atom. The topological polar surface area (TPSA) is 47.0 Å². The summed E-state index contributed by atoms with van der Waals surface area (Å²) in [5.41, 5.74) is 2.51. The van der Waals surface area contributed by atoms with E-state index in [1.54, 1.807) is 23.1 Å². The third-order valence-electron chi connectivity index (χ3n) is 5.21.